The Labute approximate surface area is 211 Å². The van der Waals surface area contributed by atoms with E-state index in [2.05, 4.69) is 43.7 Å². The highest BCUT2D eigenvalue weighted by Crippen LogP contribution is 2.33. The van der Waals surface area contributed by atoms with Crippen LogP contribution in [0.3, 0.4) is 0 Å². The number of rotatable bonds is 6. The lowest BCUT2D eigenvalue weighted by Crippen LogP contribution is -2.59. The van der Waals surface area contributed by atoms with E-state index in [4.69, 9.17) is 9.72 Å². The maximum atomic E-state index is 11.6. The summed E-state index contributed by atoms with van der Waals surface area (Å²) < 4.78 is 5.49. The number of carbonyl (C=O) groups excluding carboxylic acids is 1. The van der Waals surface area contributed by atoms with Gasteiger partial charge in [-0.3, -0.25) is 9.78 Å². The van der Waals surface area contributed by atoms with Crippen LogP contribution in [-0.4, -0.2) is 83.8 Å². The fourth-order valence-corrected chi connectivity index (χ4v) is 5.74. The molecule has 0 saturated carbocycles. The Hall–Kier alpha value is -3.30. The van der Waals surface area contributed by atoms with Crippen molar-refractivity contribution in [1.82, 2.24) is 25.2 Å². The van der Waals surface area contributed by atoms with Gasteiger partial charge in [-0.15, -0.1) is 0 Å². The number of pyridine rings is 3. The van der Waals surface area contributed by atoms with Gasteiger partial charge in [0.2, 0.25) is 6.41 Å². The molecule has 9 heteroatoms. The number of piperazine rings is 1. The zero-order chi connectivity index (χ0) is 24.3. The Morgan fingerprint density at radius 2 is 2.03 bits per heavy atom. The molecule has 2 unspecified atom stereocenters. The van der Waals surface area contributed by atoms with E-state index >= 15 is 0 Å². The number of amides is 1. The van der Waals surface area contributed by atoms with Crippen molar-refractivity contribution in [3.05, 3.63) is 42.9 Å². The lowest BCUT2D eigenvalue weighted by Gasteiger charge is -2.44. The number of aromatic nitrogens is 3. The van der Waals surface area contributed by atoms with E-state index in [0.717, 1.165) is 92.1 Å². The van der Waals surface area contributed by atoms with Crippen molar-refractivity contribution in [3.63, 3.8) is 0 Å². The molecule has 3 aromatic rings. The van der Waals surface area contributed by atoms with Crippen LogP contribution in [0.25, 0.3) is 22.0 Å². The molecular weight excluding hydrogens is 454 g/mol. The van der Waals surface area contributed by atoms with Gasteiger partial charge in [-0.05, 0) is 56.5 Å². The van der Waals surface area contributed by atoms with E-state index < -0.39 is 0 Å². The lowest BCUT2D eigenvalue weighted by atomic mass is 10.0. The Morgan fingerprint density at radius 1 is 1.11 bits per heavy atom. The minimum absolute atomic E-state index is 0.175. The van der Waals surface area contributed by atoms with Gasteiger partial charge < -0.3 is 25.2 Å². The molecule has 3 saturated heterocycles. The zero-order valence-electron chi connectivity index (χ0n) is 20.5. The number of hydrogen-bond acceptors (Lipinski definition) is 8. The molecular formula is C27H33N7O2. The van der Waals surface area contributed by atoms with Crippen LogP contribution >= 0.6 is 0 Å². The molecule has 3 fully saturated rings. The predicted molar refractivity (Wildman–Crippen MR) is 140 cm³/mol. The molecule has 1 amide bonds. The second kappa shape index (κ2) is 10.4. The highest BCUT2D eigenvalue weighted by atomic mass is 16.5. The maximum absolute atomic E-state index is 11.6. The van der Waals surface area contributed by atoms with E-state index in [1.807, 2.05) is 29.6 Å². The average molecular weight is 488 g/mol. The number of nitrogens with zero attached hydrogens (tertiary/aromatic N) is 5. The van der Waals surface area contributed by atoms with Gasteiger partial charge in [0, 0.05) is 79.9 Å². The molecule has 0 spiro atoms. The summed E-state index contributed by atoms with van der Waals surface area (Å²) in [5.41, 5.74) is 1.92. The highest BCUT2D eigenvalue weighted by molar-refractivity contribution is 5.94. The second-order valence-electron chi connectivity index (χ2n) is 9.95. The molecule has 0 bridgehead atoms. The molecule has 0 aliphatic carbocycles. The van der Waals surface area contributed by atoms with Crippen LogP contribution in [0, 0.1) is 0 Å². The number of ether oxygens (including phenoxy) is 1. The summed E-state index contributed by atoms with van der Waals surface area (Å²) in [5, 5.41) is 9.38. The number of hydrogen-bond donors (Lipinski definition) is 2. The predicted octanol–water partition coefficient (Wildman–Crippen LogP) is 2.68. The van der Waals surface area contributed by atoms with Gasteiger partial charge in [0.05, 0.1) is 11.7 Å². The van der Waals surface area contributed by atoms with E-state index in [1.54, 1.807) is 0 Å². The first-order valence-corrected chi connectivity index (χ1v) is 13.0. The average Bonchev–Trinajstić information content (AvgIpc) is 3.48. The first-order valence-electron chi connectivity index (χ1n) is 13.0. The van der Waals surface area contributed by atoms with Crippen LogP contribution in [0.1, 0.15) is 25.7 Å². The van der Waals surface area contributed by atoms with Crippen molar-refractivity contribution in [2.75, 3.05) is 49.6 Å². The zero-order valence-corrected chi connectivity index (χ0v) is 20.5. The number of fused-ring (bicyclic) bond motifs is 1. The van der Waals surface area contributed by atoms with Crippen LogP contribution in [0.15, 0.2) is 42.9 Å². The SMILES string of the molecule is O=CN1CCN(c2nc(-c3ccnc(NC4CCOCC4)c3)cc3cnccc23)C(C2CCCN2)C1. The molecule has 36 heavy (non-hydrogen) atoms. The molecule has 3 aliphatic rings. The fourth-order valence-electron chi connectivity index (χ4n) is 5.74. The van der Waals surface area contributed by atoms with Gasteiger partial charge in [0.25, 0.3) is 0 Å². The molecule has 6 heterocycles. The molecule has 3 aliphatic heterocycles. The number of carbonyl (C=O) groups is 1. The molecule has 188 valence electrons. The van der Waals surface area contributed by atoms with Crippen LogP contribution in [0.2, 0.25) is 0 Å². The van der Waals surface area contributed by atoms with Gasteiger partial charge in [-0.1, -0.05) is 0 Å². The summed E-state index contributed by atoms with van der Waals surface area (Å²) in [7, 11) is 0. The van der Waals surface area contributed by atoms with Crippen LogP contribution < -0.4 is 15.5 Å². The number of nitrogens with one attached hydrogen (secondary N) is 2. The van der Waals surface area contributed by atoms with Crippen LogP contribution in [0.4, 0.5) is 11.6 Å². The van der Waals surface area contributed by atoms with Crippen molar-refractivity contribution in [3.8, 4) is 11.3 Å². The fraction of sp³-hybridized carbons (Fsp3) is 0.481. The minimum atomic E-state index is 0.175. The first-order chi connectivity index (χ1) is 17.8. The van der Waals surface area contributed by atoms with Gasteiger partial charge in [0.1, 0.15) is 11.6 Å². The summed E-state index contributed by atoms with van der Waals surface area (Å²) in [6, 6.07) is 9.16. The molecule has 0 aromatic carbocycles. The number of anilines is 2. The monoisotopic (exact) mass is 487 g/mol. The third-order valence-electron chi connectivity index (χ3n) is 7.67. The Bertz CT molecular complexity index is 1210. The molecule has 6 rings (SSSR count). The third-order valence-corrected chi connectivity index (χ3v) is 7.67. The molecule has 3 aromatic heterocycles. The highest BCUT2D eigenvalue weighted by Gasteiger charge is 2.35. The van der Waals surface area contributed by atoms with Gasteiger partial charge in [0.15, 0.2) is 0 Å². The lowest BCUT2D eigenvalue weighted by molar-refractivity contribution is -0.118. The van der Waals surface area contributed by atoms with Crippen molar-refractivity contribution >= 4 is 28.8 Å². The van der Waals surface area contributed by atoms with Crippen molar-refractivity contribution in [1.29, 1.82) is 0 Å². The second-order valence-corrected chi connectivity index (χ2v) is 9.95. The smallest absolute Gasteiger partial charge is 0.209 e. The van der Waals surface area contributed by atoms with Crippen LogP contribution in [-0.2, 0) is 9.53 Å². The minimum Gasteiger partial charge on any atom is -0.381 e. The third kappa shape index (κ3) is 4.73. The Morgan fingerprint density at radius 3 is 2.86 bits per heavy atom. The first kappa shape index (κ1) is 23.1. The topological polar surface area (TPSA) is 95.5 Å². The normalized spacial score (nSPS) is 23.2. The van der Waals surface area contributed by atoms with Crippen molar-refractivity contribution < 1.29 is 9.53 Å². The molecule has 2 N–H and O–H groups in total. The van der Waals surface area contributed by atoms with E-state index in [0.29, 0.717) is 25.2 Å². The standard InChI is InChI=1S/C27H33N7O2/c35-18-33-10-11-34(25(17-33)23-2-1-7-29-23)27-22-4-8-28-16-20(22)14-24(32-27)19-3-9-30-26(15-19)31-21-5-12-36-13-6-21/h3-4,8-9,14-16,18,21,23,25,29H,1-2,5-7,10-13,17H2,(H,30,31). The molecule has 9 nitrogen and oxygen atoms in total. The quantitative estimate of drug-likeness (QED) is 0.513. The van der Waals surface area contributed by atoms with Gasteiger partial charge >= 0.3 is 0 Å². The van der Waals surface area contributed by atoms with Gasteiger partial charge in [-0.25, -0.2) is 9.97 Å². The summed E-state index contributed by atoms with van der Waals surface area (Å²) in [6.07, 6.45) is 10.8. The molecule has 2 atom stereocenters. The summed E-state index contributed by atoms with van der Waals surface area (Å²) in [4.78, 5) is 30.2. The Kier molecular flexibility index (Phi) is 6.65. The van der Waals surface area contributed by atoms with Crippen molar-refractivity contribution in [2.45, 2.75) is 43.8 Å². The van der Waals surface area contributed by atoms with E-state index in [9.17, 15) is 4.79 Å². The molecule has 0 radical (unpaired) electrons. The largest absolute Gasteiger partial charge is 0.381 e. The maximum Gasteiger partial charge on any atom is 0.209 e. The van der Waals surface area contributed by atoms with Gasteiger partial charge in [-0.2, -0.15) is 0 Å². The van der Waals surface area contributed by atoms with Crippen molar-refractivity contribution in [2.24, 2.45) is 0 Å². The summed E-state index contributed by atoms with van der Waals surface area (Å²) >= 11 is 0. The Balaban J connectivity index is 1.37. The summed E-state index contributed by atoms with van der Waals surface area (Å²) in [5.74, 6) is 1.83. The van der Waals surface area contributed by atoms with E-state index in [-0.39, 0.29) is 6.04 Å². The van der Waals surface area contributed by atoms with Crippen LogP contribution in [0.5, 0.6) is 0 Å². The summed E-state index contributed by atoms with van der Waals surface area (Å²) in [6.45, 7) is 4.74. The van der Waals surface area contributed by atoms with E-state index in [1.165, 1.54) is 0 Å².